The second kappa shape index (κ2) is 12.2. The van der Waals surface area contributed by atoms with E-state index in [9.17, 15) is 18.0 Å². The Hall–Kier alpha value is -3.31. The highest BCUT2D eigenvalue weighted by molar-refractivity contribution is 5.75. The molecule has 0 aliphatic carbocycles. The number of rotatable bonds is 7. The molecule has 0 radical (unpaired) electrons. The SMILES string of the molecule is CC#CCn1c(N2CCNCC2)nc2nc(NCCOCC)n(C)c(=O)c21.O=C(O)C(F)(F)F. The number of halogens is 3. The molecule has 1 aliphatic rings. The van der Waals surface area contributed by atoms with Crippen LogP contribution in [0, 0.1) is 11.8 Å². The lowest BCUT2D eigenvalue weighted by Crippen LogP contribution is -2.44. The molecule has 1 saturated heterocycles. The van der Waals surface area contributed by atoms with Crippen LogP contribution < -0.4 is 21.1 Å². The number of hydrogen-bond acceptors (Lipinski definition) is 8. The van der Waals surface area contributed by atoms with Gasteiger partial charge in [-0.2, -0.15) is 23.1 Å². The van der Waals surface area contributed by atoms with Gasteiger partial charge in [0.05, 0.1) is 13.2 Å². The normalized spacial score (nSPS) is 13.6. The Morgan fingerprint density at radius 2 is 1.94 bits per heavy atom. The van der Waals surface area contributed by atoms with Crippen LogP contribution in [0.5, 0.6) is 0 Å². The standard InChI is InChI=1S/C18H27N7O2.C2HF3O2/c1-4-6-10-25-14-15(22-18(25)24-11-7-19-8-12-24)21-17(23(3)16(14)26)20-9-13-27-5-2;3-2(4,5)1(6)7/h19H,5,7-13H2,1-3H3,(H,20,21);(H,6,7). The lowest BCUT2D eigenvalue weighted by atomic mass is 10.4. The zero-order valence-corrected chi connectivity index (χ0v) is 19.2. The zero-order valence-electron chi connectivity index (χ0n) is 19.2. The van der Waals surface area contributed by atoms with Crippen LogP contribution >= 0.6 is 0 Å². The van der Waals surface area contributed by atoms with Crippen molar-refractivity contribution < 1.29 is 27.8 Å². The first-order valence-corrected chi connectivity index (χ1v) is 10.6. The van der Waals surface area contributed by atoms with Crippen LogP contribution in [-0.4, -0.2) is 82.3 Å². The molecular weight excluding hydrogens is 459 g/mol. The number of aliphatic carboxylic acids is 1. The lowest BCUT2D eigenvalue weighted by Gasteiger charge is -2.28. The average Bonchev–Trinajstić information content (AvgIpc) is 3.17. The van der Waals surface area contributed by atoms with Gasteiger partial charge in [0, 0.05) is 46.4 Å². The first kappa shape index (κ1) is 26.9. The van der Waals surface area contributed by atoms with Gasteiger partial charge in [0.25, 0.3) is 5.56 Å². The van der Waals surface area contributed by atoms with Crippen molar-refractivity contribution in [2.24, 2.45) is 7.05 Å². The first-order valence-electron chi connectivity index (χ1n) is 10.6. The number of carbonyl (C=O) groups is 1. The molecule has 1 aliphatic heterocycles. The van der Waals surface area contributed by atoms with Gasteiger partial charge in [-0.1, -0.05) is 5.92 Å². The number of piperazine rings is 1. The van der Waals surface area contributed by atoms with Crippen molar-refractivity contribution in [3.05, 3.63) is 10.4 Å². The molecule has 3 heterocycles. The molecule has 3 N–H and O–H groups in total. The third kappa shape index (κ3) is 6.84. The molecule has 3 rings (SSSR count). The molecule has 34 heavy (non-hydrogen) atoms. The summed E-state index contributed by atoms with van der Waals surface area (Å²) in [7, 11) is 1.71. The van der Waals surface area contributed by atoms with E-state index in [0.29, 0.717) is 43.4 Å². The number of ether oxygens (including phenoxy) is 1. The van der Waals surface area contributed by atoms with Gasteiger partial charge < -0.3 is 25.4 Å². The van der Waals surface area contributed by atoms with Gasteiger partial charge in [0.1, 0.15) is 0 Å². The predicted molar refractivity (Wildman–Crippen MR) is 120 cm³/mol. The molecule has 2 aromatic rings. The van der Waals surface area contributed by atoms with E-state index >= 15 is 0 Å². The first-order chi connectivity index (χ1) is 16.1. The summed E-state index contributed by atoms with van der Waals surface area (Å²) in [6.07, 6.45) is -5.08. The van der Waals surface area contributed by atoms with Crippen molar-refractivity contribution in [2.75, 3.05) is 56.2 Å². The van der Waals surface area contributed by atoms with E-state index in [4.69, 9.17) is 19.6 Å². The third-order valence-electron chi connectivity index (χ3n) is 4.76. The summed E-state index contributed by atoms with van der Waals surface area (Å²) < 4.78 is 40.5. The molecular formula is C20H28F3N7O4. The maximum atomic E-state index is 13.0. The summed E-state index contributed by atoms with van der Waals surface area (Å²) in [6, 6.07) is 0. The van der Waals surface area contributed by atoms with E-state index in [2.05, 4.69) is 32.4 Å². The largest absolute Gasteiger partial charge is 0.490 e. The number of nitrogens with zero attached hydrogens (tertiary/aromatic N) is 5. The van der Waals surface area contributed by atoms with Crippen molar-refractivity contribution >= 4 is 29.0 Å². The number of carboxylic acids is 1. The minimum Gasteiger partial charge on any atom is -0.475 e. The van der Waals surface area contributed by atoms with E-state index in [-0.39, 0.29) is 5.56 Å². The molecule has 14 heteroatoms. The number of aromatic nitrogens is 4. The lowest BCUT2D eigenvalue weighted by molar-refractivity contribution is -0.192. The molecule has 188 valence electrons. The van der Waals surface area contributed by atoms with Gasteiger partial charge in [-0.05, 0) is 13.8 Å². The number of fused-ring (bicyclic) bond motifs is 1. The second-order valence-corrected chi connectivity index (χ2v) is 7.06. The summed E-state index contributed by atoms with van der Waals surface area (Å²) in [4.78, 5) is 33.4. The quantitative estimate of drug-likeness (QED) is 0.381. The van der Waals surface area contributed by atoms with Gasteiger partial charge in [-0.3, -0.25) is 13.9 Å². The van der Waals surface area contributed by atoms with Crippen LogP contribution in [0.25, 0.3) is 11.2 Å². The number of alkyl halides is 3. The molecule has 0 saturated carbocycles. The number of hydrogen-bond donors (Lipinski definition) is 3. The molecule has 2 aromatic heterocycles. The van der Waals surface area contributed by atoms with E-state index in [1.54, 1.807) is 14.0 Å². The Morgan fingerprint density at radius 3 is 2.50 bits per heavy atom. The number of anilines is 2. The van der Waals surface area contributed by atoms with Crippen LogP contribution in [-0.2, 0) is 23.1 Å². The van der Waals surface area contributed by atoms with Crippen LogP contribution in [0.3, 0.4) is 0 Å². The smallest absolute Gasteiger partial charge is 0.475 e. The van der Waals surface area contributed by atoms with Crippen LogP contribution in [0.1, 0.15) is 13.8 Å². The zero-order chi connectivity index (χ0) is 25.3. The Kier molecular flexibility index (Phi) is 9.69. The van der Waals surface area contributed by atoms with Crippen molar-refractivity contribution in [1.82, 2.24) is 24.4 Å². The van der Waals surface area contributed by atoms with Gasteiger partial charge in [-0.15, -0.1) is 5.92 Å². The molecule has 0 atom stereocenters. The van der Waals surface area contributed by atoms with Gasteiger partial charge in [0.2, 0.25) is 11.9 Å². The summed E-state index contributed by atoms with van der Waals surface area (Å²) in [5.41, 5.74) is 0.804. The monoisotopic (exact) mass is 487 g/mol. The molecule has 0 bridgehead atoms. The summed E-state index contributed by atoms with van der Waals surface area (Å²) in [5.74, 6) is 4.44. The second-order valence-electron chi connectivity index (χ2n) is 7.06. The highest BCUT2D eigenvalue weighted by atomic mass is 19.4. The van der Waals surface area contributed by atoms with Gasteiger partial charge >= 0.3 is 12.1 Å². The Labute approximate surface area is 193 Å². The van der Waals surface area contributed by atoms with Crippen LogP contribution in [0.2, 0.25) is 0 Å². The third-order valence-corrected chi connectivity index (χ3v) is 4.76. The maximum Gasteiger partial charge on any atom is 0.490 e. The van der Waals surface area contributed by atoms with Gasteiger partial charge in [0.15, 0.2) is 11.2 Å². The topological polar surface area (TPSA) is 127 Å². The fraction of sp³-hybridized carbons (Fsp3) is 0.600. The van der Waals surface area contributed by atoms with Crippen molar-refractivity contribution in [3.63, 3.8) is 0 Å². The summed E-state index contributed by atoms with van der Waals surface area (Å²) in [5, 5.41) is 13.6. The fourth-order valence-corrected chi connectivity index (χ4v) is 3.10. The van der Waals surface area contributed by atoms with Gasteiger partial charge in [-0.25, -0.2) is 4.79 Å². The van der Waals surface area contributed by atoms with Crippen molar-refractivity contribution in [2.45, 2.75) is 26.6 Å². The Bertz CT molecular complexity index is 1100. The van der Waals surface area contributed by atoms with E-state index in [1.165, 1.54) is 4.57 Å². The summed E-state index contributed by atoms with van der Waals surface area (Å²) >= 11 is 0. The molecule has 0 unspecified atom stereocenters. The van der Waals surface area contributed by atoms with Crippen LogP contribution in [0.4, 0.5) is 25.1 Å². The highest BCUT2D eigenvalue weighted by Gasteiger charge is 2.38. The highest BCUT2D eigenvalue weighted by Crippen LogP contribution is 2.20. The molecule has 0 spiro atoms. The maximum absolute atomic E-state index is 13.0. The number of nitrogens with one attached hydrogen (secondary N) is 2. The predicted octanol–water partition coefficient (Wildman–Crippen LogP) is 0.645. The minimum atomic E-state index is -5.08. The average molecular weight is 487 g/mol. The molecule has 1 fully saturated rings. The van der Waals surface area contributed by atoms with Crippen LogP contribution in [0.15, 0.2) is 4.79 Å². The van der Waals surface area contributed by atoms with E-state index < -0.39 is 12.1 Å². The number of carboxylic acid groups (broad SMARTS) is 1. The molecule has 11 nitrogen and oxygen atoms in total. The summed E-state index contributed by atoms with van der Waals surface area (Å²) in [6.45, 7) is 9.39. The number of imidazole rings is 1. The van der Waals surface area contributed by atoms with E-state index in [1.807, 2.05) is 11.5 Å². The van der Waals surface area contributed by atoms with Crippen molar-refractivity contribution in [3.8, 4) is 11.8 Å². The van der Waals surface area contributed by atoms with Crippen molar-refractivity contribution in [1.29, 1.82) is 0 Å². The Morgan fingerprint density at radius 1 is 1.29 bits per heavy atom. The Balaban J connectivity index is 0.000000509. The molecule has 0 aromatic carbocycles. The molecule has 0 amide bonds. The fourth-order valence-electron chi connectivity index (χ4n) is 3.10. The minimum absolute atomic E-state index is 0.134. The van der Waals surface area contributed by atoms with E-state index in [0.717, 1.165) is 32.1 Å².